The van der Waals surface area contributed by atoms with E-state index in [2.05, 4.69) is 15.5 Å². The lowest BCUT2D eigenvalue weighted by Crippen LogP contribution is -2.43. The number of para-hydroxylation sites is 4. The predicted molar refractivity (Wildman–Crippen MR) is 140 cm³/mol. The molecule has 0 bridgehead atoms. The quantitative estimate of drug-likeness (QED) is 0.376. The van der Waals surface area contributed by atoms with Crippen LogP contribution in [0.4, 0.5) is 11.4 Å². The number of rotatable bonds is 7. The zero-order valence-corrected chi connectivity index (χ0v) is 20.8. The topological polar surface area (TPSA) is 89.4 Å². The molecule has 0 unspecified atom stereocenters. The van der Waals surface area contributed by atoms with E-state index in [1.54, 1.807) is 6.07 Å². The van der Waals surface area contributed by atoms with E-state index in [9.17, 15) is 9.59 Å². The number of hydrogen-bond acceptors (Lipinski definition) is 6. The Morgan fingerprint density at radius 1 is 0.972 bits per heavy atom. The van der Waals surface area contributed by atoms with Crippen molar-refractivity contribution in [3.05, 3.63) is 89.7 Å². The van der Waals surface area contributed by atoms with Gasteiger partial charge in [-0.1, -0.05) is 60.3 Å². The zero-order chi connectivity index (χ0) is 25.1. The van der Waals surface area contributed by atoms with Crippen molar-refractivity contribution in [2.75, 3.05) is 22.5 Å². The Morgan fingerprint density at radius 3 is 2.47 bits per heavy atom. The maximum Gasteiger partial charge on any atom is 0.244 e. The first kappa shape index (κ1) is 23.6. The van der Waals surface area contributed by atoms with E-state index in [-0.39, 0.29) is 30.7 Å². The van der Waals surface area contributed by atoms with E-state index < -0.39 is 0 Å². The number of hydrogen-bond donors (Lipinski definition) is 1. The van der Waals surface area contributed by atoms with Gasteiger partial charge in [-0.3, -0.25) is 14.2 Å². The maximum absolute atomic E-state index is 13.2. The highest BCUT2D eigenvalue weighted by Crippen LogP contribution is 2.31. The first-order chi connectivity index (χ1) is 17.5. The number of carbonyl (C=O) groups excluding carboxylic acids is 2. The van der Waals surface area contributed by atoms with Crippen LogP contribution in [-0.4, -0.2) is 38.9 Å². The van der Waals surface area contributed by atoms with E-state index in [0.29, 0.717) is 22.4 Å². The summed E-state index contributed by atoms with van der Waals surface area (Å²) >= 11 is 1.28. The summed E-state index contributed by atoms with van der Waals surface area (Å²) in [6.07, 6.45) is 0. The molecule has 1 aliphatic rings. The van der Waals surface area contributed by atoms with Crippen LogP contribution in [0.2, 0.25) is 0 Å². The Bertz CT molecular complexity index is 1400. The number of aryl methyl sites for hydroxylation is 2. The lowest BCUT2D eigenvalue weighted by molar-refractivity contribution is -0.120. The largest absolute Gasteiger partial charge is 0.485 e. The molecule has 0 radical (unpaired) electrons. The zero-order valence-electron chi connectivity index (χ0n) is 20.0. The Balaban J connectivity index is 1.38. The van der Waals surface area contributed by atoms with Gasteiger partial charge in [0.15, 0.2) is 11.0 Å². The molecule has 3 aromatic carbocycles. The molecule has 0 aliphatic carbocycles. The van der Waals surface area contributed by atoms with Crippen molar-refractivity contribution in [1.82, 2.24) is 14.8 Å². The molecule has 0 atom stereocenters. The summed E-state index contributed by atoms with van der Waals surface area (Å²) in [5, 5.41) is 12.1. The fourth-order valence-electron chi connectivity index (χ4n) is 4.15. The summed E-state index contributed by atoms with van der Waals surface area (Å²) in [5.74, 6) is 1.15. The van der Waals surface area contributed by atoms with Crippen LogP contribution in [0.25, 0.3) is 5.69 Å². The number of ether oxygens (including phenoxy) is 1. The molecule has 1 aliphatic heterocycles. The average molecular weight is 500 g/mol. The van der Waals surface area contributed by atoms with Gasteiger partial charge in [0.05, 0.1) is 17.1 Å². The van der Waals surface area contributed by atoms with Crippen molar-refractivity contribution < 1.29 is 14.3 Å². The van der Waals surface area contributed by atoms with Gasteiger partial charge in [-0.15, -0.1) is 10.2 Å². The van der Waals surface area contributed by atoms with Crippen LogP contribution >= 0.6 is 11.8 Å². The molecule has 2 amide bonds. The van der Waals surface area contributed by atoms with Crippen LogP contribution in [-0.2, 0) is 16.2 Å². The van der Waals surface area contributed by atoms with Crippen molar-refractivity contribution in [3.63, 3.8) is 0 Å². The first-order valence-electron chi connectivity index (χ1n) is 11.5. The Hall–Kier alpha value is -4.11. The number of nitrogens with one attached hydrogen (secondary N) is 1. The molecule has 182 valence electrons. The Morgan fingerprint density at radius 2 is 1.69 bits per heavy atom. The minimum atomic E-state index is -0.217. The first-order valence-corrected chi connectivity index (χ1v) is 12.5. The maximum atomic E-state index is 13.2. The molecule has 0 saturated heterocycles. The summed E-state index contributed by atoms with van der Waals surface area (Å²) in [6.45, 7) is 4.23. The molecule has 1 N–H and O–H groups in total. The molecule has 0 saturated carbocycles. The Labute approximate surface area is 213 Å². The van der Waals surface area contributed by atoms with Gasteiger partial charge in [0, 0.05) is 5.69 Å². The van der Waals surface area contributed by atoms with Crippen LogP contribution in [0.3, 0.4) is 0 Å². The van der Waals surface area contributed by atoms with Gasteiger partial charge in [-0.05, 0) is 49.2 Å². The van der Waals surface area contributed by atoms with Gasteiger partial charge in [-0.2, -0.15) is 0 Å². The standard InChI is InChI=1S/C27H25N5O3S/c1-18-9-8-10-19(2)26(18)35-16-23-29-30-27(32(23)20-11-4-3-5-12-20)36-17-25(34)31-15-24(33)28-21-13-6-7-14-22(21)31/h3-14H,15-17H2,1-2H3,(H,28,33). The van der Waals surface area contributed by atoms with E-state index in [1.807, 2.05) is 85.1 Å². The van der Waals surface area contributed by atoms with Gasteiger partial charge in [-0.25, -0.2) is 0 Å². The summed E-state index contributed by atoms with van der Waals surface area (Å²) in [4.78, 5) is 26.8. The van der Waals surface area contributed by atoms with Crippen LogP contribution in [0.5, 0.6) is 5.75 Å². The number of carbonyl (C=O) groups is 2. The summed E-state index contributed by atoms with van der Waals surface area (Å²) in [7, 11) is 0. The van der Waals surface area contributed by atoms with Crippen LogP contribution in [0.15, 0.2) is 78.0 Å². The van der Waals surface area contributed by atoms with Gasteiger partial charge in [0.1, 0.15) is 18.9 Å². The monoisotopic (exact) mass is 499 g/mol. The number of anilines is 2. The number of benzene rings is 3. The van der Waals surface area contributed by atoms with Crippen molar-refractivity contribution in [1.29, 1.82) is 0 Å². The van der Waals surface area contributed by atoms with Gasteiger partial charge in [0.2, 0.25) is 11.8 Å². The number of aromatic nitrogens is 3. The van der Waals surface area contributed by atoms with E-state index in [4.69, 9.17) is 4.74 Å². The molecule has 5 rings (SSSR count). The highest BCUT2D eigenvalue weighted by molar-refractivity contribution is 7.99. The van der Waals surface area contributed by atoms with Crippen molar-refractivity contribution in [2.45, 2.75) is 25.6 Å². The van der Waals surface area contributed by atoms with Crippen molar-refractivity contribution in [3.8, 4) is 11.4 Å². The molecule has 2 heterocycles. The van der Waals surface area contributed by atoms with E-state index in [1.165, 1.54) is 16.7 Å². The number of fused-ring (bicyclic) bond motifs is 1. The predicted octanol–water partition coefficient (Wildman–Crippen LogP) is 4.54. The highest BCUT2D eigenvalue weighted by atomic mass is 32.2. The second-order valence-electron chi connectivity index (χ2n) is 8.41. The Kier molecular flexibility index (Phi) is 6.73. The third kappa shape index (κ3) is 4.83. The third-order valence-electron chi connectivity index (χ3n) is 5.87. The lowest BCUT2D eigenvalue weighted by Gasteiger charge is -2.29. The van der Waals surface area contributed by atoms with Crippen molar-refractivity contribution in [2.24, 2.45) is 0 Å². The van der Waals surface area contributed by atoms with Crippen LogP contribution < -0.4 is 15.0 Å². The second-order valence-corrected chi connectivity index (χ2v) is 9.36. The number of amides is 2. The molecule has 9 heteroatoms. The molecule has 36 heavy (non-hydrogen) atoms. The minimum Gasteiger partial charge on any atom is -0.485 e. The normalized spacial score (nSPS) is 12.7. The summed E-state index contributed by atoms with van der Waals surface area (Å²) in [5.41, 5.74) is 4.29. The summed E-state index contributed by atoms with van der Waals surface area (Å²) < 4.78 is 8.05. The molecular weight excluding hydrogens is 474 g/mol. The van der Waals surface area contributed by atoms with E-state index >= 15 is 0 Å². The average Bonchev–Trinajstić information content (AvgIpc) is 3.29. The highest BCUT2D eigenvalue weighted by Gasteiger charge is 2.27. The molecular formula is C27H25N5O3S. The third-order valence-corrected chi connectivity index (χ3v) is 6.78. The fraction of sp³-hybridized carbons (Fsp3) is 0.185. The number of nitrogens with zero attached hydrogens (tertiary/aromatic N) is 4. The van der Waals surface area contributed by atoms with Crippen LogP contribution in [0.1, 0.15) is 17.0 Å². The molecule has 0 spiro atoms. The smallest absolute Gasteiger partial charge is 0.244 e. The van der Waals surface area contributed by atoms with Crippen LogP contribution in [0, 0.1) is 13.8 Å². The van der Waals surface area contributed by atoms with E-state index in [0.717, 1.165) is 22.6 Å². The molecule has 4 aromatic rings. The molecule has 8 nitrogen and oxygen atoms in total. The van der Waals surface area contributed by atoms with Gasteiger partial charge >= 0.3 is 0 Å². The SMILES string of the molecule is Cc1cccc(C)c1OCc1nnc(SCC(=O)N2CC(=O)Nc3ccccc32)n1-c1ccccc1. The summed E-state index contributed by atoms with van der Waals surface area (Å²) in [6, 6.07) is 23.0. The number of thioether (sulfide) groups is 1. The lowest BCUT2D eigenvalue weighted by atomic mass is 10.1. The van der Waals surface area contributed by atoms with Crippen molar-refractivity contribution >= 4 is 35.0 Å². The fourth-order valence-corrected chi connectivity index (χ4v) is 4.99. The molecule has 0 fully saturated rings. The van der Waals surface area contributed by atoms with Gasteiger partial charge < -0.3 is 15.0 Å². The minimum absolute atomic E-state index is 0.0172. The molecule has 1 aromatic heterocycles. The second kappa shape index (κ2) is 10.2. The van der Waals surface area contributed by atoms with Gasteiger partial charge in [0.25, 0.3) is 0 Å².